The second kappa shape index (κ2) is 10.3. The molecule has 0 radical (unpaired) electrons. The van der Waals surface area contributed by atoms with E-state index in [-0.39, 0.29) is 34.9 Å². The summed E-state index contributed by atoms with van der Waals surface area (Å²) in [5.74, 6) is -5.19. The van der Waals surface area contributed by atoms with Crippen molar-refractivity contribution >= 4 is 45.3 Å². The molecule has 1 heterocycles. The number of aromatic hydroxyl groups is 1. The average molecular weight is 627 g/mol. The number of aryl methyl sites for hydroxylation is 1. The van der Waals surface area contributed by atoms with Gasteiger partial charge >= 0.3 is 0 Å². The van der Waals surface area contributed by atoms with Crippen LogP contribution in [0.5, 0.6) is 5.75 Å². The van der Waals surface area contributed by atoms with E-state index < -0.39 is 51.4 Å². The van der Waals surface area contributed by atoms with Gasteiger partial charge in [0, 0.05) is 16.4 Å². The van der Waals surface area contributed by atoms with Crippen LogP contribution in [0.3, 0.4) is 0 Å². The molecule has 1 fully saturated rings. The van der Waals surface area contributed by atoms with Crippen molar-refractivity contribution < 1.29 is 29.4 Å². The lowest BCUT2D eigenvalue weighted by Gasteiger charge is -2.61. The van der Waals surface area contributed by atoms with Crippen LogP contribution >= 0.6 is 11.3 Å². The molecule has 0 aliphatic heterocycles. The van der Waals surface area contributed by atoms with E-state index in [9.17, 15) is 29.4 Å². The number of ketones is 4. The molecule has 5 atom stereocenters. The van der Waals surface area contributed by atoms with Gasteiger partial charge in [-0.05, 0) is 62.5 Å². The smallest absolute Gasteiger partial charge is 0.206 e. The summed E-state index contributed by atoms with van der Waals surface area (Å²) < 4.78 is 0. The predicted molar refractivity (Wildman–Crippen MR) is 173 cm³/mol. The SMILES string of the molecule is CC(=O)C1=C(C)[C@@H](C(C)C)[C@]2(C)C[C@]3(C)Cc4ccc(Nc5nc(-c6ccc(C)cc6)cs5)c(O)c4C(=O)C3C(=O)[C@]2(O)C1=O. The molecule has 0 amide bonds. The van der Waals surface area contributed by atoms with Crippen molar-refractivity contribution in [2.45, 2.75) is 66.9 Å². The first-order chi connectivity index (χ1) is 21.0. The minimum atomic E-state index is -2.56. The first kappa shape index (κ1) is 31.0. The van der Waals surface area contributed by atoms with Gasteiger partial charge in [0.1, 0.15) is 5.75 Å². The molecule has 1 saturated carbocycles. The molecule has 9 heteroatoms. The van der Waals surface area contributed by atoms with Crippen molar-refractivity contribution in [3.05, 3.63) is 69.6 Å². The lowest BCUT2D eigenvalue weighted by atomic mass is 9.40. The molecule has 0 spiro atoms. The number of hydrogen-bond acceptors (Lipinski definition) is 9. The van der Waals surface area contributed by atoms with Crippen molar-refractivity contribution in [1.82, 2.24) is 4.98 Å². The van der Waals surface area contributed by atoms with Gasteiger partial charge in [-0.25, -0.2) is 4.98 Å². The van der Waals surface area contributed by atoms with E-state index in [4.69, 9.17) is 0 Å². The third kappa shape index (κ3) is 4.31. The molecule has 8 nitrogen and oxygen atoms in total. The standard InChI is InChI=1S/C36H38N2O6S/c1-17(2)27-19(4)25(20(5)39)31(42)36(44)32(43)28-30(41)26-22(14-34(28,6)16-35(27,36)7)12-13-23(29(26)40)37-33-38-24(15-45-33)21-10-8-18(3)9-11-21/h8-13,15,17,27-28,40,44H,14,16H2,1-7H3,(H,37,38)/t27-,28?,34+,35+,36-/m1/s1. The molecule has 3 N–H and O–H groups in total. The van der Waals surface area contributed by atoms with Gasteiger partial charge in [0.15, 0.2) is 28.1 Å². The van der Waals surface area contributed by atoms with Crippen LogP contribution in [0.2, 0.25) is 0 Å². The number of thiazole rings is 1. The topological polar surface area (TPSA) is 134 Å². The van der Waals surface area contributed by atoms with Gasteiger partial charge in [-0.15, -0.1) is 11.3 Å². The molecule has 0 bridgehead atoms. The summed E-state index contributed by atoms with van der Waals surface area (Å²) in [5, 5.41) is 29.2. The third-order valence-corrected chi connectivity index (χ3v) is 11.3. The van der Waals surface area contributed by atoms with Crippen LogP contribution in [0.25, 0.3) is 11.3 Å². The highest BCUT2D eigenvalue weighted by atomic mass is 32.1. The van der Waals surface area contributed by atoms with Crippen molar-refractivity contribution in [1.29, 1.82) is 0 Å². The molecule has 6 rings (SSSR count). The highest BCUT2D eigenvalue weighted by Crippen LogP contribution is 2.64. The van der Waals surface area contributed by atoms with Crippen LogP contribution in [-0.4, -0.2) is 43.9 Å². The number of anilines is 2. The number of hydrogen-bond donors (Lipinski definition) is 3. The van der Waals surface area contributed by atoms with Crippen molar-refractivity contribution in [3.8, 4) is 17.0 Å². The Bertz CT molecular complexity index is 1840. The molecule has 45 heavy (non-hydrogen) atoms. The van der Waals surface area contributed by atoms with E-state index in [0.717, 1.165) is 16.8 Å². The second-order valence-corrected chi connectivity index (χ2v) is 14.8. The number of carbonyl (C=O) groups is 4. The highest BCUT2D eigenvalue weighted by molar-refractivity contribution is 7.14. The van der Waals surface area contributed by atoms with Crippen LogP contribution in [0.4, 0.5) is 10.8 Å². The molecule has 2 aromatic carbocycles. The van der Waals surface area contributed by atoms with Gasteiger partial charge < -0.3 is 15.5 Å². The lowest BCUT2D eigenvalue weighted by molar-refractivity contribution is -0.192. The first-order valence-electron chi connectivity index (χ1n) is 15.3. The fourth-order valence-corrected chi connectivity index (χ4v) is 9.62. The van der Waals surface area contributed by atoms with Gasteiger partial charge in [0.2, 0.25) is 5.78 Å². The Labute approximate surface area is 266 Å². The van der Waals surface area contributed by atoms with E-state index in [1.165, 1.54) is 18.3 Å². The Kier molecular flexibility index (Phi) is 7.10. The highest BCUT2D eigenvalue weighted by Gasteiger charge is 2.73. The predicted octanol–water partition coefficient (Wildman–Crippen LogP) is 6.40. The summed E-state index contributed by atoms with van der Waals surface area (Å²) in [7, 11) is 0. The van der Waals surface area contributed by atoms with Gasteiger partial charge in [-0.2, -0.15) is 0 Å². The number of carbonyl (C=O) groups excluding carboxylic acids is 4. The number of nitrogens with one attached hydrogen (secondary N) is 1. The maximum atomic E-state index is 14.5. The Morgan fingerprint density at radius 1 is 1.07 bits per heavy atom. The van der Waals surface area contributed by atoms with E-state index in [2.05, 4.69) is 10.3 Å². The fraction of sp³-hybridized carbons (Fsp3) is 0.417. The summed E-state index contributed by atoms with van der Waals surface area (Å²) in [4.78, 5) is 60.1. The van der Waals surface area contributed by atoms with Crippen molar-refractivity contribution in [2.24, 2.45) is 28.6 Å². The van der Waals surface area contributed by atoms with Crippen LogP contribution in [-0.2, 0) is 20.8 Å². The number of nitrogens with zero attached hydrogens (tertiary/aromatic N) is 1. The van der Waals surface area contributed by atoms with E-state index in [0.29, 0.717) is 22.7 Å². The molecular weight excluding hydrogens is 588 g/mol. The Hall–Kier alpha value is -3.95. The van der Waals surface area contributed by atoms with Crippen LogP contribution < -0.4 is 5.32 Å². The van der Waals surface area contributed by atoms with Crippen molar-refractivity contribution in [2.75, 3.05) is 5.32 Å². The van der Waals surface area contributed by atoms with Crippen molar-refractivity contribution in [3.63, 3.8) is 0 Å². The van der Waals surface area contributed by atoms with Crippen LogP contribution in [0.1, 0.15) is 69.4 Å². The number of aromatic nitrogens is 1. The zero-order chi connectivity index (χ0) is 32.8. The molecule has 234 valence electrons. The quantitative estimate of drug-likeness (QED) is 0.168. The number of fused-ring (bicyclic) bond motifs is 3. The number of aliphatic hydroxyl groups is 1. The minimum Gasteiger partial charge on any atom is -0.505 e. The monoisotopic (exact) mass is 626 g/mol. The molecule has 1 aromatic heterocycles. The summed E-state index contributed by atoms with van der Waals surface area (Å²) in [6.07, 6.45) is 0.497. The van der Waals surface area contributed by atoms with Gasteiger partial charge in [-0.1, -0.05) is 69.2 Å². The Balaban J connectivity index is 1.40. The largest absolute Gasteiger partial charge is 0.505 e. The number of rotatable bonds is 5. The number of benzene rings is 2. The van der Waals surface area contributed by atoms with Gasteiger partial charge in [-0.3, -0.25) is 19.2 Å². The minimum absolute atomic E-state index is 0.000485. The van der Waals surface area contributed by atoms with Crippen LogP contribution in [0.15, 0.2) is 52.9 Å². The molecule has 3 aromatic rings. The normalized spacial score (nSPS) is 29.4. The fourth-order valence-electron chi connectivity index (χ4n) is 8.89. The Morgan fingerprint density at radius 2 is 1.73 bits per heavy atom. The zero-order valence-electron chi connectivity index (χ0n) is 26.6. The molecule has 1 unspecified atom stereocenters. The summed E-state index contributed by atoms with van der Waals surface area (Å²) >= 11 is 1.35. The molecule has 3 aliphatic rings. The third-order valence-electron chi connectivity index (χ3n) is 10.5. The van der Waals surface area contributed by atoms with E-state index in [1.807, 2.05) is 57.3 Å². The maximum Gasteiger partial charge on any atom is 0.206 e. The average Bonchev–Trinajstić information content (AvgIpc) is 3.41. The Morgan fingerprint density at radius 3 is 2.36 bits per heavy atom. The molecule has 0 saturated heterocycles. The summed E-state index contributed by atoms with van der Waals surface area (Å²) in [5.41, 5.74) is -0.598. The number of phenols is 1. The molecular formula is C36H38N2O6S. The zero-order valence-corrected chi connectivity index (χ0v) is 27.4. The van der Waals surface area contributed by atoms with E-state index in [1.54, 1.807) is 26.0 Å². The number of allylic oxidation sites excluding steroid dienone is 1. The first-order valence-corrected chi connectivity index (χ1v) is 16.1. The van der Waals surface area contributed by atoms with E-state index >= 15 is 0 Å². The number of phenolic OH excluding ortho intramolecular Hbond substituents is 1. The second-order valence-electron chi connectivity index (χ2n) is 14.0. The van der Waals surface area contributed by atoms with Crippen LogP contribution in [0, 0.1) is 35.5 Å². The number of Topliss-reactive ketones (excluding diaryl/α,β-unsaturated/α-hetero) is 4. The van der Waals surface area contributed by atoms with Gasteiger partial charge in [0.25, 0.3) is 0 Å². The maximum absolute atomic E-state index is 14.5. The lowest BCUT2D eigenvalue weighted by Crippen LogP contribution is -2.73. The summed E-state index contributed by atoms with van der Waals surface area (Å²) in [6, 6.07) is 11.5. The molecule has 3 aliphatic carbocycles. The van der Waals surface area contributed by atoms with Gasteiger partial charge in [0.05, 0.1) is 28.4 Å². The summed E-state index contributed by atoms with van der Waals surface area (Å²) in [6.45, 7) is 12.5.